The van der Waals surface area contributed by atoms with Gasteiger partial charge in [-0.1, -0.05) is 77.0 Å². The molecular weight excluding hydrogens is 389 g/mol. The van der Waals surface area contributed by atoms with Crippen LogP contribution in [0.2, 0.25) is 15.1 Å². The molecule has 0 radical (unpaired) electrons. The number of hydrogen-bond donors (Lipinski definition) is 1. The molecule has 3 aromatic carbocycles. The summed E-state index contributed by atoms with van der Waals surface area (Å²) >= 11 is 18.1. The number of carbonyl (C=O) groups is 1. The second-order valence-corrected chi connectivity index (χ2v) is 6.61. The van der Waals surface area contributed by atoms with Gasteiger partial charge < -0.3 is 5.32 Å². The van der Waals surface area contributed by atoms with Gasteiger partial charge in [-0.3, -0.25) is 4.79 Å². The number of benzene rings is 3. The highest BCUT2D eigenvalue weighted by molar-refractivity contribution is 6.42. The fourth-order valence-electron chi connectivity index (χ4n) is 2.31. The zero-order valence-electron chi connectivity index (χ0n) is 13.4. The number of halogens is 3. The predicted molar refractivity (Wildman–Crippen MR) is 108 cm³/mol. The van der Waals surface area contributed by atoms with E-state index in [1.807, 2.05) is 48.5 Å². The van der Waals surface area contributed by atoms with Crippen LogP contribution in [0.1, 0.15) is 21.5 Å². The summed E-state index contributed by atoms with van der Waals surface area (Å²) in [6.07, 6.45) is 0. The van der Waals surface area contributed by atoms with Gasteiger partial charge in [0.2, 0.25) is 0 Å². The summed E-state index contributed by atoms with van der Waals surface area (Å²) in [6, 6.07) is 19.8. The van der Waals surface area contributed by atoms with E-state index in [-0.39, 0.29) is 15.6 Å². The molecule has 0 atom stereocenters. The van der Waals surface area contributed by atoms with Crippen molar-refractivity contribution in [3.8, 4) is 11.8 Å². The van der Waals surface area contributed by atoms with E-state index in [2.05, 4.69) is 17.2 Å². The molecule has 0 fully saturated rings. The Hall–Kier alpha value is -2.44. The summed E-state index contributed by atoms with van der Waals surface area (Å²) in [5, 5.41) is 3.55. The van der Waals surface area contributed by atoms with E-state index < -0.39 is 5.91 Å². The maximum absolute atomic E-state index is 12.6. The Morgan fingerprint density at radius 3 is 2.12 bits per heavy atom. The molecule has 0 aromatic heterocycles. The van der Waals surface area contributed by atoms with Crippen LogP contribution < -0.4 is 5.32 Å². The van der Waals surface area contributed by atoms with Crippen molar-refractivity contribution in [1.82, 2.24) is 0 Å². The zero-order chi connectivity index (χ0) is 18.5. The number of nitrogens with one attached hydrogen (secondary N) is 1. The first kappa shape index (κ1) is 18.4. The standard InChI is InChI=1S/C21H12Cl3NO/c22-16-12-17(23)20(18(24)13-16)21(26)25-19-9-5-4-8-15(19)11-10-14-6-2-1-3-7-14/h1-9,12-13H,(H,25,26). The summed E-state index contributed by atoms with van der Waals surface area (Å²) in [7, 11) is 0. The molecule has 2 nitrogen and oxygen atoms in total. The van der Waals surface area contributed by atoms with Crippen LogP contribution in [0.3, 0.4) is 0 Å². The Morgan fingerprint density at radius 2 is 1.42 bits per heavy atom. The van der Waals surface area contributed by atoms with Gasteiger partial charge in [0.1, 0.15) is 0 Å². The van der Waals surface area contributed by atoms with E-state index >= 15 is 0 Å². The van der Waals surface area contributed by atoms with Gasteiger partial charge >= 0.3 is 0 Å². The lowest BCUT2D eigenvalue weighted by atomic mass is 10.1. The minimum Gasteiger partial charge on any atom is -0.321 e. The minimum absolute atomic E-state index is 0.170. The lowest BCUT2D eigenvalue weighted by molar-refractivity contribution is 0.102. The topological polar surface area (TPSA) is 29.1 Å². The van der Waals surface area contributed by atoms with E-state index in [0.717, 1.165) is 5.56 Å². The average molecular weight is 401 g/mol. The summed E-state index contributed by atoms with van der Waals surface area (Å²) in [6.45, 7) is 0. The third-order valence-electron chi connectivity index (χ3n) is 3.52. The van der Waals surface area contributed by atoms with E-state index in [0.29, 0.717) is 16.3 Å². The predicted octanol–water partition coefficient (Wildman–Crippen LogP) is 6.30. The normalized spacial score (nSPS) is 9.96. The molecule has 0 bridgehead atoms. The number of hydrogen-bond acceptors (Lipinski definition) is 1. The highest BCUT2D eigenvalue weighted by Crippen LogP contribution is 2.30. The minimum atomic E-state index is -0.425. The van der Waals surface area contributed by atoms with Crippen LogP contribution in [0.15, 0.2) is 66.7 Å². The fourth-order valence-corrected chi connectivity index (χ4v) is 3.29. The van der Waals surface area contributed by atoms with E-state index in [9.17, 15) is 4.79 Å². The van der Waals surface area contributed by atoms with Crippen molar-refractivity contribution in [2.75, 3.05) is 5.32 Å². The second kappa shape index (κ2) is 8.29. The molecular formula is C21H12Cl3NO. The molecule has 0 aliphatic carbocycles. The number of amides is 1. The van der Waals surface area contributed by atoms with Crippen molar-refractivity contribution in [2.24, 2.45) is 0 Å². The smallest absolute Gasteiger partial charge is 0.258 e. The van der Waals surface area contributed by atoms with Gasteiger partial charge in [-0.2, -0.15) is 0 Å². The molecule has 3 aromatic rings. The second-order valence-electron chi connectivity index (χ2n) is 5.36. The van der Waals surface area contributed by atoms with Gasteiger partial charge in [0.05, 0.1) is 21.3 Å². The Morgan fingerprint density at radius 1 is 0.808 bits per heavy atom. The molecule has 0 unspecified atom stereocenters. The molecule has 0 aliphatic heterocycles. The largest absolute Gasteiger partial charge is 0.321 e. The molecule has 1 N–H and O–H groups in total. The van der Waals surface area contributed by atoms with Crippen molar-refractivity contribution in [3.05, 3.63) is 98.5 Å². The molecule has 5 heteroatoms. The first-order valence-electron chi connectivity index (χ1n) is 7.66. The molecule has 0 aliphatic rings. The van der Waals surface area contributed by atoms with Gasteiger partial charge in [-0.05, 0) is 36.4 Å². The molecule has 3 rings (SSSR count). The van der Waals surface area contributed by atoms with Crippen LogP contribution in [0.4, 0.5) is 5.69 Å². The summed E-state index contributed by atoms with van der Waals surface area (Å²) < 4.78 is 0. The Bertz CT molecular complexity index is 997. The van der Waals surface area contributed by atoms with Gasteiger partial charge in [0.25, 0.3) is 5.91 Å². The van der Waals surface area contributed by atoms with Crippen LogP contribution in [0, 0.1) is 11.8 Å². The maximum Gasteiger partial charge on any atom is 0.258 e. The lowest BCUT2D eigenvalue weighted by Gasteiger charge is -2.10. The zero-order valence-corrected chi connectivity index (χ0v) is 15.7. The van der Waals surface area contributed by atoms with Crippen LogP contribution in [0.25, 0.3) is 0 Å². The van der Waals surface area contributed by atoms with Crippen molar-refractivity contribution in [1.29, 1.82) is 0 Å². The SMILES string of the molecule is O=C(Nc1ccccc1C#Cc1ccccc1)c1c(Cl)cc(Cl)cc1Cl. The first-order valence-corrected chi connectivity index (χ1v) is 8.80. The number of para-hydroxylation sites is 1. The third kappa shape index (κ3) is 4.39. The Balaban J connectivity index is 1.90. The van der Waals surface area contributed by atoms with Gasteiger partial charge in [0.15, 0.2) is 0 Å². The molecule has 1 amide bonds. The number of rotatable bonds is 2. The first-order chi connectivity index (χ1) is 12.5. The molecule has 26 heavy (non-hydrogen) atoms. The van der Waals surface area contributed by atoms with Gasteiger partial charge in [0, 0.05) is 16.1 Å². The van der Waals surface area contributed by atoms with Crippen molar-refractivity contribution < 1.29 is 4.79 Å². The van der Waals surface area contributed by atoms with Crippen LogP contribution in [-0.4, -0.2) is 5.91 Å². The number of anilines is 1. The molecule has 0 spiro atoms. The van der Waals surface area contributed by atoms with Crippen molar-refractivity contribution >= 4 is 46.4 Å². The van der Waals surface area contributed by atoms with Crippen LogP contribution >= 0.6 is 34.8 Å². The Labute approximate surface area is 166 Å². The van der Waals surface area contributed by atoms with Gasteiger partial charge in [-0.15, -0.1) is 0 Å². The van der Waals surface area contributed by atoms with E-state index in [1.165, 1.54) is 12.1 Å². The van der Waals surface area contributed by atoms with E-state index in [1.54, 1.807) is 6.07 Å². The molecule has 0 saturated heterocycles. The van der Waals surface area contributed by atoms with Gasteiger partial charge in [-0.25, -0.2) is 0 Å². The molecule has 0 heterocycles. The fraction of sp³-hybridized carbons (Fsp3) is 0. The maximum atomic E-state index is 12.6. The highest BCUT2D eigenvalue weighted by Gasteiger charge is 2.17. The monoisotopic (exact) mass is 399 g/mol. The number of carbonyl (C=O) groups excluding carboxylic acids is 1. The highest BCUT2D eigenvalue weighted by atomic mass is 35.5. The summed E-state index contributed by atoms with van der Waals surface area (Å²) in [5.41, 5.74) is 2.31. The van der Waals surface area contributed by atoms with Crippen LogP contribution in [-0.2, 0) is 0 Å². The summed E-state index contributed by atoms with van der Waals surface area (Å²) in [4.78, 5) is 12.6. The average Bonchev–Trinajstić information content (AvgIpc) is 2.61. The quantitative estimate of drug-likeness (QED) is 0.503. The summed E-state index contributed by atoms with van der Waals surface area (Å²) in [5.74, 6) is 5.72. The Kier molecular flexibility index (Phi) is 5.85. The lowest BCUT2D eigenvalue weighted by Crippen LogP contribution is -2.14. The van der Waals surface area contributed by atoms with Crippen LogP contribution in [0.5, 0.6) is 0 Å². The van der Waals surface area contributed by atoms with Crippen molar-refractivity contribution in [2.45, 2.75) is 0 Å². The molecule has 128 valence electrons. The third-order valence-corrected chi connectivity index (χ3v) is 4.34. The van der Waals surface area contributed by atoms with Crippen molar-refractivity contribution in [3.63, 3.8) is 0 Å². The van der Waals surface area contributed by atoms with E-state index in [4.69, 9.17) is 34.8 Å². The molecule has 0 saturated carbocycles.